The third-order valence-electron chi connectivity index (χ3n) is 1.69. The predicted octanol–water partition coefficient (Wildman–Crippen LogP) is 1.99. The van der Waals surface area contributed by atoms with Crippen LogP contribution < -0.4 is 9.47 Å². The SMILES string of the molecule is O/N=C/c1cc2c(cc1Br)OCO2. The lowest BCUT2D eigenvalue weighted by Gasteiger charge is -1.99. The van der Waals surface area contributed by atoms with E-state index >= 15 is 0 Å². The van der Waals surface area contributed by atoms with Crippen molar-refractivity contribution < 1.29 is 14.7 Å². The van der Waals surface area contributed by atoms with Gasteiger partial charge in [0, 0.05) is 10.0 Å². The molecule has 0 unspecified atom stereocenters. The minimum absolute atomic E-state index is 0.238. The molecule has 1 heterocycles. The van der Waals surface area contributed by atoms with E-state index in [4.69, 9.17) is 14.7 Å². The van der Waals surface area contributed by atoms with Gasteiger partial charge in [-0.15, -0.1) is 0 Å². The van der Waals surface area contributed by atoms with Crippen molar-refractivity contribution >= 4 is 22.1 Å². The Hall–Kier alpha value is -1.23. The van der Waals surface area contributed by atoms with Gasteiger partial charge in [-0.3, -0.25) is 0 Å². The molecule has 1 aliphatic heterocycles. The minimum atomic E-state index is 0.238. The molecule has 0 amide bonds. The first-order valence-corrected chi connectivity index (χ1v) is 4.37. The molecule has 1 aromatic carbocycles. The summed E-state index contributed by atoms with van der Waals surface area (Å²) in [5, 5.41) is 11.3. The lowest BCUT2D eigenvalue weighted by Crippen LogP contribution is -1.92. The second-order valence-electron chi connectivity index (χ2n) is 2.47. The van der Waals surface area contributed by atoms with Crippen molar-refractivity contribution in [2.75, 3.05) is 6.79 Å². The number of hydrogen-bond acceptors (Lipinski definition) is 4. The highest BCUT2D eigenvalue weighted by molar-refractivity contribution is 9.10. The van der Waals surface area contributed by atoms with Gasteiger partial charge in [0.05, 0.1) is 6.21 Å². The van der Waals surface area contributed by atoms with Crippen molar-refractivity contribution in [3.8, 4) is 11.5 Å². The van der Waals surface area contributed by atoms with Gasteiger partial charge < -0.3 is 14.7 Å². The van der Waals surface area contributed by atoms with Gasteiger partial charge in [0.25, 0.3) is 0 Å². The summed E-state index contributed by atoms with van der Waals surface area (Å²) >= 11 is 3.31. The van der Waals surface area contributed by atoms with Gasteiger partial charge in [-0.05, 0) is 28.1 Å². The molecule has 4 nitrogen and oxygen atoms in total. The van der Waals surface area contributed by atoms with Crippen LogP contribution in [0.1, 0.15) is 5.56 Å². The van der Waals surface area contributed by atoms with Gasteiger partial charge in [-0.2, -0.15) is 0 Å². The van der Waals surface area contributed by atoms with Crippen LogP contribution in [0.15, 0.2) is 21.8 Å². The van der Waals surface area contributed by atoms with Crippen LogP contribution in [0.2, 0.25) is 0 Å². The minimum Gasteiger partial charge on any atom is -0.454 e. The van der Waals surface area contributed by atoms with Crippen LogP contribution in [-0.4, -0.2) is 18.2 Å². The van der Waals surface area contributed by atoms with E-state index in [1.54, 1.807) is 12.1 Å². The van der Waals surface area contributed by atoms with E-state index in [1.807, 2.05) is 0 Å². The molecule has 0 atom stereocenters. The maximum Gasteiger partial charge on any atom is 0.231 e. The van der Waals surface area contributed by atoms with E-state index in [-0.39, 0.29) is 6.79 Å². The number of fused-ring (bicyclic) bond motifs is 1. The number of oxime groups is 1. The molecule has 0 radical (unpaired) electrons. The Balaban J connectivity index is 2.49. The van der Waals surface area contributed by atoms with Crippen LogP contribution in [0.4, 0.5) is 0 Å². The molecular formula is C8H6BrNO3. The third kappa shape index (κ3) is 1.47. The Morgan fingerprint density at radius 3 is 2.77 bits per heavy atom. The molecule has 2 rings (SSSR count). The summed E-state index contributed by atoms with van der Waals surface area (Å²) in [5.74, 6) is 1.36. The first-order valence-electron chi connectivity index (χ1n) is 3.58. The van der Waals surface area contributed by atoms with E-state index in [9.17, 15) is 0 Å². The first kappa shape index (κ1) is 8.37. The molecule has 0 saturated carbocycles. The van der Waals surface area contributed by atoms with Crippen molar-refractivity contribution in [2.24, 2.45) is 5.16 Å². The Kier molecular flexibility index (Phi) is 2.10. The van der Waals surface area contributed by atoms with E-state index < -0.39 is 0 Å². The molecule has 1 N–H and O–H groups in total. The summed E-state index contributed by atoms with van der Waals surface area (Å²) in [4.78, 5) is 0. The molecule has 0 aromatic heterocycles. The quantitative estimate of drug-likeness (QED) is 0.467. The van der Waals surface area contributed by atoms with Gasteiger partial charge in [-0.1, -0.05) is 5.16 Å². The maximum absolute atomic E-state index is 8.37. The number of rotatable bonds is 1. The number of ether oxygens (including phenoxy) is 2. The second kappa shape index (κ2) is 3.26. The molecule has 0 bridgehead atoms. The molecule has 5 heteroatoms. The fourth-order valence-electron chi connectivity index (χ4n) is 1.09. The smallest absolute Gasteiger partial charge is 0.231 e. The summed E-state index contributed by atoms with van der Waals surface area (Å²) in [6.07, 6.45) is 1.33. The maximum atomic E-state index is 8.37. The van der Waals surface area contributed by atoms with Crippen LogP contribution >= 0.6 is 15.9 Å². The summed E-state index contributed by atoms with van der Waals surface area (Å²) in [7, 11) is 0. The highest BCUT2D eigenvalue weighted by atomic mass is 79.9. The molecular weight excluding hydrogens is 238 g/mol. The standard InChI is InChI=1S/C8H6BrNO3/c9-6-2-8-7(12-4-13-8)1-5(6)3-10-11/h1-3,11H,4H2/b10-3+. The summed E-state index contributed by atoms with van der Waals surface area (Å²) in [6.45, 7) is 0.238. The van der Waals surface area contributed by atoms with Gasteiger partial charge >= 0.3 is 0 Å². The fourth-order valence-corrected chi connectivity index (χ4v) is 1.52. The Morgan fingerprint density at radius 1 is 1.38 bits per heavy atom. The molecule has 0 spiro atoms. The van der Waals surface area contributed by atoms with Crippen LogP contribution in [0.25, 0.3) is 0 Å². The topological polar surface area (TPSA) is 51.1 Å². The predicted molar refractivity (Wildman–Crippen MR) is 49.6 cm³/mol. The third-order valence-corrected chi connectivity index (χ3v) is 2.38. The van der Waals surface area contributed by atoms with Gasteiger partial charge in [0.2, 0.25) is 6.79 Å². The van der Waals surface area contributed by atoms with E-state index in [2.05, 4.69) is 21.1 Å². The van der Waals surface area contributed by atoms with Crippen molar-refractivity contribution in [3.63, 3.8) is 0 Å². The molecule has 0 aliphatic carbocycles. The molecule has 1 aliphatic rings. The van der Waals surface area contributed by atoms with Crippen LogP contribution in [0.3, 0.4) is 0 Å². The van der Waals surface area contributed by atoms with E-state index in [0.29, 0.717) is 11.5 Å². The highest BCUT2D eigenvalue weighted by Crippen LogP contribution is 2.36. The Morgan fingerprint density at radius 2 is 2.08 bits per heavy atom. The van der Waals surface area contributed by atoms with Gasteiger partial charge in [0.1, 0.15) is 0 Å². The zero-order chi connectivity index (χ0) is 9.26. The Bertz CT molecular complexity index is 365. The van der Waals surface area contributed by atoms with Crippen LogP contribution in [0.5, 0.6) is 11.5 Å². The van der Waals surface area contributed by atoms with Crippen molar-refractivity contribution in [2.45, 2.75) is 0 Å². The molecule has 0 fully saturated rings. The zero-order valence-corrected chi connectivity index (χ0v) is 8.11. The van der Waals surface area contributed by atoms with Gasteiger partial charge in [-0.25, -0.2) is 0 Å². The fraction of sp³-hybridized carbons (Fsp3) is 0.125. The molecule has 0 saturated heterocycles. The van der Waals surface area contributed by atoms with Crippen molar-refractivity contribution in [1.29, 1.82) is 0 Å². The van der Waals surface area contributed by atoms with Gasteiger partial charge in [0.15, 0.2) is 11.5 Å². The first-order chi connectivity index (χ1) is 6.31. The monoisotopic (exact) mass is 243 g/mol. The largest absolute Gasteiger partial charge is 0.454 e. The zero-order valence-electron chi connectivity index (χ0n) is 6.53. The number of benzene rings is 1. The van der Waals surface area contributed by atoms with Crippen molar-refractivity contribution in [1.82, 2.24) is 0 Å². The number of hydrogen-bond donors (Lipinski definition) is 1. The van der Waals surface area contributed by atoms with Crippen LogP contribution in [0, 0.1) is 0 Å². The second-order valence-corrected chi connectivity index (χ2v) is 3.33. The normalized spacial score (nSPS) is 13.9. The lowest BCUT2D eigenvalue weighted by molar-refractivity contribution is 0.174. The number of halogens is 1. The summed E-state index contributed by atoms with van der Waals surface area (Å²) in [6, 6.07) is 3.52. The highest BCUT2D eigenvalue weighted by Gasteiger charge is 2.15. The lowest BCUT2D eigenvalue weighted by atomic mass is 10.2. The van der Waals surface area contributed by atoms with E-state index in [0.717, 1.165) is 10.0 Å². The van der Waals surface area contributed by atoms with Crippen LogP contribution in [-0.2, 0) is 0 Å². The Labute approximate surface area is 82.9 Å². The molecule has 1 aromatic rings. The molecule has 13 heavy (non-hydrogen) atoms. The average Bonchev–Trinajstić information content (AvgIpc) is 2.52. The summed E-state index contributed by atoms with van der Waals surface area (Å²) < 4.78 is 11.1. The van der Waals surface area contributed by atoms with Crippen molar-refractivity contribution in [3.05, 3.63) is 22.2 Å². The average molecular weight is 244 g/mol. The molecule has 68 valence electrons. The van der Waals surface area contributed by atoms with E-state index in [1.165, 1.54) is 6.21 Å². The summed E-state index contributed by atoms with van der Waals surface area (Å²) in [5.41, 5.74) is 0.742. The number of nitrogens with zero attached hydrogens (tertiary/aromatic N) is 1.